The zero-order valence-electron chi connectivity index (χ0n) is 16.3. The van der Waals surface area contributed by atoms with Gasteiger partial charge in [-0.25, -0.2) is 4.79 Å². The first-order chi connectivity index (χ1) is 12.8. The van der Waals surface area contributed by atoms with E-state index in [1.807, 2.05) is 26.8 Å². The van der Waals surface area contributed by atoms with Crippen LogP contribution in [-0.4, -0.2) is 35.1 Å². The van der Waals surface area contributed by atoms with Crippen LogP contribution in [0.15, 0.2) is 42.6 Å². The lowest BCUT2D eigenvalue weighted by Gasteiger charge is -2.36. The second kappa shape index (κ2) is 8.59. The fourth-order valence-corrected chi connectivity index (χ4v) is 3.82. The van der Waals surface area contributed by atoms with Gasteiger partial charge in [-0.05, 0) is 62.5 Å². The van der Waals surface area contributed by atoms with Gasteiger partial charge in [-0.2, -0.15) is 5.26 Å². The standard InChI is InChI=1S/C22H27N3O2/c1-6-17(13-23)19(7-2)25-10-8-18(9-11-25)24-21-15(4)12-14(3)20(16(21)5)22(26)27/h6-7,12,18,24H,1-2,8-11H2,3-5H3,(H,26,27)/b19-17-. The molecule has 1 fully saturated rings. The summed E-state index contributed by atoms with van der Waals surface area (Å²) in [4.78, 5) is 13.7. The number of nitriles is 1. The lowest BCUT2D eigenvalue weighted by atomic mass is 9.95. The average molecular weight is 365 g/mol. The third kappa shape index (κ3) is 4.22. The van der Waals surface area contributed by atoms with Gasteiger partial charge in [0.05, 0.1) is 16.8 Å². The second-order valence-corrected chi connectivity index (χ2v) is 6.92. The molecule has 5 heteroatoms. The molecule has 142 valence electrons. The Morgan fingerprint density at radius 1 is 1.26 bits per heavy atom. The van der Waals surface area contributed by atoms with E-state index in [-0.39, 0.29) is 6.04 Å². The Kier molecular flexibility index (Phi) is 6.46. The van der Waals surface area contributed by atoms with Gasteiger partial charge in [0.2, 0.25) is 0 Å². The molecule has 2 N–H and O–H groups in total. The summed E-state index contributed by atoms with van der Waals surface area (Å²) in [7, 11) is 0. The molecule has 1 saturated heterocycles. The minimum atomic E-state index is -0.892. The first-order valence-corrected chi connectivity index (χ1v) is 9.08. The average Bonchev–Trinajstić information content (AvgIpc) is 2.63. The number of piperidine rings is 1. The largest absolute Gasteiger partial charge is 0.478 e. The molecule has 1 aromatic rings. The summed E-state index contributed by atoms with van der Waals surface area (Å²) in [6.45, 7) is 14.8. The maximum absolute atomic E-state index is 11.6. The van der Waals surface area contributed by atoms with Crippen molar-refractivity contribution in [3.63, 3.8) is 0 Å². The third-order valence-corrected chi connectivity index (χ3v) is 5.16. The summed E-state index contributed by atoms with van der Waals surface area (Å²) in [6, 6.07) is 4.34. The van der Waals surface area contributed by atoms with Crippen molar-refractivity contribution in [1.82, 2.24) is 4.90 Å². The van der Waals surface area contributed by atoms with Crippen molar-refractivity contribution in [3.8, 4) is 6.07 Å². The number of hydrogen-bond acceptors (Lipinski definition) is 4. The van der Waals surface area contributed by atoms with E-state index in [2.05, 4.69) is 29.4 Å². The molecule has 0 unspecified atom stereocenters. The highest BCUT2D eigenvalue weighted by atomic mass is 16.4. The van der Waals surface area contributed by atoms with Gasteiger partial charge in [-0.15, -0.1) is 0 Å². The molecule has 1 aliphatic heterocycles. The van der Waals surface area contributed by atoms with Crippen LogP contribution in [-0.2, 0) is 0 Å². The second-order valence-electron chi connectivity index (χ2n) is 6.92. The minimum Gasteiger partial charge on any atom is -0.478 e. The van der Waals surface area contributed by atoms with Crippen LogP contribution in [0.1, 0.15) is 39.9 Å². The quantitative estimate of drug-likeness (QED) is 0.579. The molecular formula is C22H27N3O2. The van der Waals surface area contributed by atoms with Gasteiger partial charge in [0.25, 0.3) is 0 Å². The fraction of sp³-hybridized carbons (Fsp3) is 0.364. The van der Waals surface area contributed by atoms with Gasteiger partial charge in [0.15, 0.2) is 0 Å². The molecule has 27 heavy (non-hydrogen) atoms. The number of rotatable bonds is 6. The van der Waals surface area contributed by atoms with E-state index in [9.17, 15) is 15.2 Å². The van der Waals surface area contributed by atoms with Crippen LogP contribution in [0.2, 0.25) is 0 Å². The Bertz CT molecular complexity index is 838. The number of aryl methyl sites for hydroxylation is 2. The number of carboxylic acid groups (broad SMARTS) is 1. The predicted octanol–water partition coefficient (Wildman–Crippen LogP) is 4.34. The van der Waals surface area contributed by atoms with Crippen LogP contribution in [0, 0.1) is 32.1 Å². The summed E-state index contributed by atoms with van der Waals surface area (Å²) in [5.74, 6) is -0.892. The zero-order valence-corrected chi connectivity index (χ0v) is 16.3. The molecule has 5 nitrogen and oxygen atoms in total. The Hall–Kier alpha value is -3.00. The highest BCUT2D eigenvalue weighted by Gasteiger charge is 2.23. The lowest BCUT2D eigenvalue weighted by Crippen LogP contribution is -2.39. The van der Waals surface area contributed by atoms with Crippen molar-refractivity contribution in [3.05, 3.63) is 64.9 Å². The van der Waals surface area contributed by atoms with E-state index in [4.69, 9.17) is 0 Å². The van der Waals surface area contributed by atoms with Gasteiger partial charge in [0.1, 0.15) is 6.07 Å². The lowest BCUT2D eigenvalue weighted by molar-refractivity contribution is 0.0695. The number of carboxylic acids is 1. The molecule has 0 atom stereocenters. The molecule has 0 radical (unpaired) electrons. The number of nitrogens with zero attached hydrogens (tertiary/aromatic N) is 2. The number of nitrogens with one attached hydrogen (secondary N) is 1. The number of anilines is 1. The first kappa shape index (κ1) is 20.3. The number of likely N-dealkylation sites (tertiary alicyclic amines) is 1. The van der Waals surface area contributed by atoms with E-state index in [0.717, 1.165) is 54.0 Å². The van der Waals surface area contributed by atoms with E-state index >= 15 is 0 Å². The monoisotopic (exact) mass is 365 g/mol. The van der Waals surface area contributed by atoms with Gasteiger partial charge in [-0.1, -0.05) is 19.2 Å². The van der Waals surface area contributed by atoms with Crippen LogP contribution < -0.4 is 5.32 Å². The third-order valence-electron chi connectivity index (χ3n) is 5.16. The van der Waals surface area contributed by atoms with Crippen LogP contribution in [0.4, 0.5) is 5.69 Å². The highest BCUT2D eigenvalue weighted by molar-refractivity contribution is 5.93. The maximum atomic E-state index is 11.6. The number of allylic oxidation sites excluding steroid dienone is 3. The summed E-state index contributed by atoms with van der Waals surface area (Å²) >= 11 is 0. The Balaban J connectivity index is 2.18. The zero-order chi connectivity index (χ0) is 20.1. The molecule has 0 bridgehead atoms. The first-order valence-electron chi connectivity index (χ1n) is 9.08. The summed E-state index contributed by atoms with van der Waals surface area (Å²) < 4.78 is 0. The molecule has 0 saturated carbocycles. The van der Waals surface area contributed by atoms with E-state index in [0.29, 0.717) is 11.1 Å². The molecule has 0 spiro atoms. The topological polar surface area (TPSA) is 76.4 Å². The number of hydrogen-bond donors (Lipinski definition) is 2. The molecule has 0 amide bonds. The van der Waals surface area contributed by atoms with Gasteiger partial charge in [0, 0.05) is 24.8 Å². The van der Waals surface area contributed by atoms with Gasteiger partial charge in [-0.3, -0.25) is 0 Å². The molecule has 0 aliphatic carbocycles. The number of carbonyl (C=O) groups is 1. The summed E-state index contributed by atoms with van der Waals surface area (Å²) in [5.41, 5.74) is 5.28. The van der Waals surface area contributed by atoms with E-state index < -0.39 is 5.97 Å². The van der Waals surface area contributed by atoms with Crippen LogP contribution in [0.25, 0.3) is 0 Å². The molecule has 1 aliphatic rings. The maximum Gasteiger partial charge on any atom is 0.336 e. The Morgan fingerprint density at radius 2 is 1.89 bits per heavy atom. The van der Waals surface area contributed by atoms with Crippen molar-refractivity contribution in [1.29, 1.82) is 5.26 Å². The smallest absolute Gasteiger partial charge is 0.336 e. The van der Waals surface area contributed by atoms with Crippen molar-refractivity contribution < 1.29 is 9.90 Å². The van der Waals surface area contributed by atoms with Crippen molar-refractivity contribution in [2.24, 2.45) is 0 Å². The van der Waals surface area contributed by atoms with Crippen molar-refractivity contribution >= 4 is 11.7 Å². The predicted molar refractivity (Wildman–Crippen MR) is 109 cm³/mol. The fourth-order valence-electron chi connectivity index (χ4n) is 3.82. The van der Waals surface area contributed by atoms with Gasteiger partial charge < -0.3 is 15.3 Å². The molecule has 2 rings (SSSR count). The molecule has 1 heterocycles. The molecule has 1 aromatic carbocycles. The van der Waals surface area contributed by atoms with Crippen LogP contribution in [0.5, 0.6) is 0 Å². The van der Waals surface area contributed by atoms with Crippen LogP contribution >= 0.6 is 0 Å². The molecular weight excluding hydrogens is 338 g/mol. The normalized spacial score (nSPS) is 15.6. The van der Waals surface area contributed by atoms with Crippen molar-refractivity contribution in [2.75, 3.05) is 18.4 Å². The highest BCUT2D eigenvalue weighted by Crippen LogP contribution is 2.29. The Morgan fingerprint density at radius 3 is 2.37 bits per heavy atom. The number of benzene rings is 1. The summed E-state index contributed by atoms with van der Waals surface area (Å²) in [6.07, 6.45) is 5.06. The minimum absolute atomic E-state index is 0.253. The van der Waals surface area contributed by atoms with E-state index in [1.165, 1.54) is 0 Å². The summed E-state index contributed by atoms with van der Waals surface area (Å²) in [5, 5.41) is 22.3. The van der Waals surface area contributed by atoms with E-state index in [1.54, 1.807) is 12.2 Å². The van der Waals surface area contributed by atoms with Crippen molar-refractivity contribution in [2.45, 2.75) is 39.7 Å². The Labute approximate surface area is 161 Å². The number of aromatic carboxylic acids is 1. The van der Waals surface area contributed by atoms with Crippen LogP contribution in [0.3, 0.4) is 0 Å². The SMILES string of the molecule is C=C/C(C#N)=C(\C=C)N1CCC(Nc2c(C)cc(C)c(C(=O)O)c2C)CC1. The molecule has 0 aromatic heterocycles. The van der Waals surface area contributed by atoms with Gasteiger partial charge >= 0.3 is 5.97 Å².